The number of hydrogen-bond acceptors (Lipinski definition) is 3. The van der Waals surface area contributed by atoms with E-state index < -0.39 is 0 Å². The van der Waals surface area contributed by atoms with Crippen LogP contribution in [-0.4, -0.2) is 47.4 Å². The number of nitrogens with zero attached hydrogens (tertiary/aromatic N) is 4. The first-order chi connectivity index (χ1) is 14.2. The van der Waals surface area contributed by atoms with Gasteiger partial charge in [0.05, 0.1) is 31.1 Å². The number of hydrogen-bond donors (Lipinski definition) is 1. The largest absolute Gasteiger partial charge is 0.370 e. The summed E-state index contributed by atoms with van der Waals surface area (Å²) < 4.78 is 7.94. The smallest absolute Gasteiger partial charge is 0.194 e. The topological polar surface area (TPSA) is 54.7 Å². The minimum atomic E-state index is 0. The van der Waals surface area contributed by atoms with Gasteiger partial charge in [0.1, 0.15) is 6.10 Å². The van der Waals surface area contributed by atoms with E-state index in [9.17, 15) is 0 Å². The summed E-state index contributed by atoms with van der Waals surface area (Å²) in [4.78, 5) is 6.74. The molecule has 1 aromatic heterocycles. The van der Waals surface area contributed by atoms with Crippen LogP contribution in [0.1, 0.15) is 22.9 Å². The molecule has 158 valence electrons. The number of aryl methyl sites for hydroxylation is 1. The Morgan fingerprint density at radius 1 is 1.13 bits per heavy atom. The van der Waals surface area contributed by atoms with E-state index in [0.29, 0.717) is 13.2 Å². The Labute approximate surface area is 195 Å². The number of para-hydroxylation sites is 1. The Morgan fingerprint density at radius 2 is 1.90 bits per heavy atom. The number of morpholine rings is 1. The molecule has 1 fully saturated rings. The van der Waals surface area contributed by atoms with Crippen molar-refractivity contribution in [3.63, 3.8) is 0 Å². The first-order valence-electron chi connectivity index (χ1n) is 9.97. The molecule has 1 atom stereocenters. The molecule has 3 aromatic rings. The Bertz CT molecular complexity index is 972. The van der Waals surface area contributed by atoms with E-state index >= 15 is 0 Å². The van der Waals surface area contributed by atoms with Crippen molar-refractivity contribution >= 4 is 29.9 Å². The molecule has 1 saturated heterocycles. The van der Waals surface area contributed by atoms with Crippen LogP contribution in [0.2, 0.25) is 0 Å². The normalized spacial score (nSPS) is 16.8. The number of benzene rings is 2. The van der Waals surface area contributed by atoms with Crippen LogP contribution in [0.25, 0.3) is 5.69 Å². The lowest BCUT2D eigenvalue weighted by molar-refractivity contribution is -0.00834. The van der Waals surface area contributed by atoms with Gasteiger partial charge in [-0.3, -0.25) is 4.99 Å². The summed E-state index contributed by atoms with van der Waals surface area (Å²) in [6.07, 6.45) is 2.04. The van der Waals surface area contributed by atoms with Crippen LogP contribution in [0.4, 0.5) is 0 Å². The van der Waals surface area contributed by atoms with E-state index in [4.69, 9.17) is 4.74 Å². The second-order valence-corrected chi connectivity index (χ2v) is 7.15. The average molecular weight is 517 g/mol. The quantitative estimate of drug-likeness (QED) is 0.324. The molecule has 1 aliphatic heterocycles. The molecule has 1 N–H and O–H groups in total. The monoisotopic (exact) mass is 517 g/mol. The predicted molar refractivity (Wildman–Crippen MR) is 131 cm³/mol. The van der Waals surface area contributed by atoms with Gasteiger partial charge in [0.25, 0.3) is 0 Å². The standard InChI is InChI=1S/C23H27N5O.HI/c1-18-8-6-7-11-21(18)22-17-27(14-15-29-22)23(24-2)25-16-19-12-13-28(26-19)20-9-4-3-5-10-20;/h3-13,22H,14-17H2,1-2H3,(H,24,25);1H. The highest BCUT2D eigenvalue weighted by atomic mass is 127. The fourth-order valence-corrected chi connectivity index (χ4v) is 3.66. The summed E-state index contributed by atoms with van der Waals surface area (Å²) in [6, 6.07) is 20.6. The van der Waals surface area contributed by atoms with Crippen LogP contribution in [0.3, 0.4) is 0 Å². The van der Waals surface area contributed by atoms with Crippen molar-refractivity contribution in [2.45, 2.75) is 19.6 Å². The summed E-state index contributed by atoms with van der Waals surface area (Å²) in [7, 11) is 1.82. The fourth-order valence-electron chi connectivity index (χ4n) is 3.66. The van der Waals surface area contributed by atoms with Crippen molar-refractivity contribution in [3.8, 4) is 5.69 Å². The summed E-state index contributed by atoms with van der Waals surface area (Å²) in [5, 5.41) is 8.11. The third kappa shape index (κ3) is 5.20. The molecule has 0 amide bonds. The van der Waals surface area contributed by atoms with Gasteiger partial charge in [-0.05, 0) is 36.2 Å². The maximum atomic E-state index is 6.04. The number of guanidine groups is 1. The van der Waals surface area contributed by atoms with Gasteiger partial charge in [0.15, 0.2) is 5.96 Å². The first kappa shape index (κ1) is 22.3. The second kappa shape index (κ2) is 10.6. The van der Waals surface area contributed by atoms with Gasteiger partial charge in [-0.25, -0.2) is 4.68 Å². The van der Waals surface area contributed by atoms with Crippen LogP contribution >= 0.6 is 24.0 Å². The van der Waals surface area contributed by atoms with Gasteiger partial charge in [0.2, 0.25) is 0 Å². The maximum Gasteiger partial charge on any atom is 0.194 e. The minimum absolute atomic E-state index is 0. The molecule has 0 saturated carbocycles. The third-order valence-corrected chi connectivity index (χ3v) is 5.21. The van der Waals surface area contributed by atoms with Crippen LogP contribution in [0.5, 0.6) is 0 Å². The van der Waals surface area contributed by atoms with Crippen molar-refractivity contribution in [2.75, 3.05) is 26.7 Å². The average Bonchev–Trinajstić information content (AvgIpc) is 3.24. The van der Waals surface area contributed by atoms with Gasteiger partial charge in [-0.2, -0.15) is 5.10 Å². The molecular weight excluding hydrogens is 489 g/mol. The van der Waals surface area contributed by atoms with Crippen LogP contribution in [-0.2, 0) is 11.3 Å². The lowest BCUT2D eigenvalue weighted by Gasteiger charge is -2.35. The molecule has 6 nitrogen and oxygen atoms in total. The maximum absolute atomic E-state index is 6.04. The number of aromatic nitrogens is 2. The molecular formula is C23H28IN5O. The number of rotatable bonds is 4. The molecule has 1 unspecified atom stereocenters. The molecule has 0 radical (unpaired) electrons. The van der Waals surface area contributed by atoms with Crippen molar-refractivity contribution in [2.24, 2.45) is 4.99 Å². The number of ether oxygens (including phenoxy) is 1. The summed E-state index contributed by atoms with van der Waals surface area (Å²) in [5.41, 5.74) is 4.53. The molecule has 1 aliphatic rings. The van der Waals surface area contributed by atoms with E-state index in [1.54, 1.807) is 0 Å². The van der Waals surface area contributed by atoms with E-state index in [0.717, 1.165) is 30.4 Å². The highest BCUT2D eigenvalue weighted by molar-refractivity contribution is 14.0. The fraction of sp³-hybridized carbons (Fsp3) is 0.304. The molecule has 0 spiro atoms. The lowest BCUT2D eigenvalue weighted by Crippen LogP contribution is -2.48. The van der Waals surface area contributed by atoms with E-state index in [-0.39, 0.29) is 30.1 Å². The van der Waals surface area contributed by atoms with Crippen LogP contribution in [0, 0.1) is 6.92 Å². The Morgan fingerprint density at radius 3 is 2.67 bits per heavy atom. The predicted octanol–water partition coefficient (Wildman–Crippen LogP) is 3.95. The molecule has 0 bridgehead atoms. The highest BCUT2D eigenvalue weighted by Gasteiger charge is 2.25. The SMILES string of the molecule is CN=C(NCc1ccn(-c2ccccc2)n1)N1CCOC(c2ccccc2C)C1.I. The zero-order valence-electron chi connectivity index (χ0n) is 17.4. The Hall–Kier alpha value is -2.39. The molecule has 2 aromatic carbocycles. The summed E-state index contributed by atoms with van der Waals surface area (Å²) in [5.74, 6) is 0.876. The van der Waals surface area contributed by atoms with Crippen molar-refractivity contribution in [1.82, 2.24) is 20.0 Å². The second-order valence-electron chi connectivity index (χ2n) is 7.15. The summed E-state index contributed by atoms with van der Waals surface area (Å²) >= 11 is 0. The molecule has 2 heterocycles. The van der Waals surface area contributed by atoms with E-state index in [1.165, 1.54) is 11.1 Å². The van der Waals surface area contributed by atoms with Gasteiger partial charge < -0.3 is 15.0 Å². The zero-order valence-corrected chi connectivity index (χ0v) is 19.7. The number of aliphatic imine (C=N–C) groups is 1. The first-order valence-corrected chi connectivity index (χ1v) is 9.97. The van der Waals surface area contributed by atoms with Gasteiger partial charge in [-0.15, -0.1) is 24.0 Å². The lowest BCUT2D eigenvalue weighted by atomic mass is 10.0. The van der Waals surface area contributed by atoms with Gasteiger partial charge in [0, 0.05) is 19.8 Å². The van der Waals surface area contributed by atoms with Crippen molar-refractivity contribution in [3.05, 3.63) is 83.7 Å². The van der Waals surface area contributed by atoms with Crippen LogP contribution < -0.4 is 5.32 Å². The Balaban J connectivity index is 0.00000256. The third-order valence-electron chi connectivity index (χ3n) is 5.21. The molecule has 4 rings (SSSR count). The van der Waals surface area contributed by atoms with E-state index in [1.807, 2.05) is 54.3 Å². The van der Waals surface area contributed by atoms with Gasteiger partial charge in [-0.1, -0.05) is 42.5 Å². The van der Waals surface area contributed by atoms with Crippen molar-refractivity contribution in [1.29, 1.82) is 0 Å². The molecule has 7 heteroatoms. The molecule has 0 aliphatic carbocycles. The minimum Gasteiger partial charge on any atom is -0.370 e. The zero-order chi connectivity index (χ0) is 20.1. The molecule has 30 heavy (non-hydrogen) atoms. The van der Waals surface area contributed by atoms with Gasteiger partial charge >= 0.3 is 0 Å². The highest BCUT2D eigenvalue weighted by Crippen LogP contribution is 2.25. The van der Waals surface area contributed by atoms with Crippen molar-refractivity contribution < 1.29 is 4.74 Å². The number of nitrogens with one attached hydrogen (secondary N) is 1. The Kier molecular flexibility index (Phi) is 7.87. The van der Waals surface area contributed by atoms with E-state index in [2.05, 4.69) is 51.5 Å². The summed E-state index contributed by atoms with van der Waals surface area (Å²) in [6.45, 7) is 5.04. The number of halogens is 1. The van der Waals surface area contributed by atoms with Crippen LogP contribution in [0.15, 0.2) is 71.9 Å².